The van der Waals surface area contributed by atoms with Gasteiger partial charge in [-0.15, -0.1) is 0 Å². The molecule has 7 heteroatoms. The molecule has 0 aromatic carbocycles. The van der Waals surface area contributed by atoms with Gasteiger partial charge in [-0.05, 0) is 26.3 Å². The summed E-state index contributed by atoms with van der Waals surface area (Å²) in [6.45, 7) is 3.25. The van der Waals surface area contributed by atoms with E-state index in [0.29, 0.717) is 12.2 Å². The van der Waals surface area contributed by atoms with Crippen molar-refractivity contribution in [2.75, 3.05) is 13.1 Å². The number of nitrogens with zero attached hydrogens (tertiary/aromatic N) is 2. The zero-order valence-corrected chi connectivity index (χ0v) is 10.5. The molecule has 0 aliphatic carbocycles. The molecule has 6 nitrogen and oxygen atoms in total. The van der Waals surface area contributed by atoms with Gasteiger partial charge in [0.2, 0.25) is 0 Å². The van der Waals surface area contributed by atoms with E-state index in [1.54, 1.807) is 6.92 Å². The Hall–Kier alpha value is -1.05. The lowest BCUT2D eigenvalue weighted by Gasteiger charge is -2.23. The molecule has 0 saturated carbocycles. The minimum atomic E-state index is -3.55. The maximum atomic E-state index is 12.1. The average molecular weight is 256 g/mol. The highest BCUT2D eigenvalue weighted by molar-refractivity contribution is 7.89. The van der Waals surface area contributed by atoms with Crippen molar-refractivity contribution in [3.05, 3.63) is 18.1 Å². The molecule has 1 atom stereocenters. The largest absolute Gasteiger partial charge is 0.315 e. The Morgan fingerprint density at radius 3 is 2.82 bits per heavy atom. The predicted octanol–water partition coefficient (Wildman–Crippen LogP) is -0.185. The van der Waals surface area contributed by atoms with Gasteiger partial charge in [-0.25, -0.2) is 18.1 Å². The molecule has 1 aromatic rings. The summed E-state index contributed by atoms with van der Waals surface area (Å²) in [4.78, 5) is 7.82. The summed E-state index contributed by atoms with van der Waals surface area (Å²) in [5, 5.41) is 3.18. The van der Waals surface area contributed by atoms with Crippen LogP contribution in [-0.2, 0) is 10.0 Å². The van der Waals surface area contributed by atoms with Gasteiger partial charge < -0.3 is 5.32 Å². The minimum Gasteiger partial charge on any atom is -0.315 e. The normalized spacial score (nSPS) is 21.4. The van der Waals surface area contributed by atoms with Crippen LogP contribution >= 0.6 is 0 Å². The lowest BCUT2D eigenvalue weighted by Crippen LogP contribution is -2.45. The number of rotatable bonds is 3. The van der Waals surface area contributed by atoms with Gasteiger partial charge in [0.15, 0.2) is 5.03 Å². The van der Waals surface area contributed by atoms with Crippen LogP contribution in [0.15, 0.2) is 17.4 Å². The number of hydrogen-bond acceptors (Lipinski definition) is 5. The van der Waals surface area contributed by atoms with Crippen LogP contribution in [0.2, 0.25) is 0 Å². The highest BCUT2D eigenvalue weighted by Gasteiger charge is 2.24. The van der Waals surface area contributed by atoms with E-state index < -0.39 is 10.0 Å². The Labute approximate surface area is 101 Å². The molecule has 2 heterocycles. The van der Waals surface area contributed by atoms with Gasteiger partial charge in [-0.2, -0.15) is 0 Å². The quantitative estimate of drug-likeness (QED) is 0.783. The van der Waals surface area contributed by atoms with Crippen molar-refractivity contribution in [2.45, 2.75) is 30.8 Å². The second kappa shape index (κ2) is 5.07. The average Bonchev–Trinajstić information content (AvgIpc) is 2.30. The van der Waals surface area contributed by atoms with Crippen LogP contribution in [0.3, 0.4) is 0 Å². The first-order valence-corrected chi connectivity index (χ1v) is 7.08. The van der Waals surface area contributed by atoms with Crippen LogP contribution in [0.5, 0.6) is 0 Å². The van der Waals surface area contributed by atoms with Crippen molar-refractivity contribution < 1.29 is 8.42 Å². The third-order valence-corrected chi connectivity index (χ3v) is 4.26. The number of hydrogen-bond donors (Lipinski definition) is 2. The van der Waals surface area contributed by atoms with Crippen molar-refractivity contribution in [1.82, 2.24) is 20.0 Å². The standard InChI is InChI=1S/C10H16N4O2S/c1-8-10(13-6-5-12-8)17(15,16)14-9-3-2-4-11-7-9/h5-6,9,11,14H,2-4,7H2,1H3. The smallest absolute Gasteiger partial charge is 0.260 e. The molecule has 94 valence electrons. The molecule has 0 radical (unpaired) electrons. The summed E-state index contributed by atoms with van der Waals surface area (Å²) < 4.78 is 26.8. The van der Waals surface area contributed by atoms with Crippen LogP contribution in [-0.4, -0.2) is 37.5 Å². The van der Waals surface area contributed by atoms with Crippen LogP contribution in [0.1, 0.15) is 18.5 Å². The first-order valence-electron chi connectivity index (χ1n) is 5.60. The number of piperidine rings is 1. The van der Waals surface area contributed by atoms with Crippen molar-refractivity contribution in [2.24, 2.45) is 0 Å². The number of aryl methyl sites for hydroxylation is 1. The fourth-order valence-corrected chi connectivity index (χ4v) is 3.28. The summed E-state index contributed by atoms with van der Waals surface area (Å²) in [5.74, 6) is 0. The molecule has 1 aliphatic heterocycles. The van der Waals surface area contributed by atoms with Crippen LogP contribution < -0.4 is 10.0 Å². The lowest BCUT2D eigenvalue weighted by molar-refractivity contribution is 0.428. The second-order valence-electron chi connectivity index (χ2n) is 4.11. The van der Waals surface area contributed by atoms with Crippen LogP contribution in [0.4, 0.5) is 0 Å². The Bertz CT molecular complexity index is 483. The van der Waals surface area contributed by atoms with Crippen molar-refractivity contribution in [3.63, 3.8) is 0 Å². The molecule has 2 N–H and O–H groups in total. The maximum Gasteiger partial charge on any atom is 0.260 e. The molecule has 1 aromatic heterocycles. The van der Waals surface area contributed by atoms with E-state index in [1.807, 2.05) is 0 Å². The van der Waals surface area contributed by atoms with E-state index >= 15 is 0 Å². The number of sulfonamides is 1. The SMILES string of the molecule is Cc1nccnc1S(=O)(=O)NC1CCCNC1. The third kappa shape index (κ3) is 2.99. The molecule has 0 spiro atoms. The van der Waals surface area contributed by atoms with E-state index in [9.17, 15) is 8.42 Å². The van der Waals surface area contributed by atoms with Gasteiger partial charge in [0.1, 0.15) is 0 Å². The molecule has 1 fully saturated rings. The fourth-order valence-electron chi connectivity index (χ4n) is 1.89. The number of aromatic nitrogens is 2. The van der Waals surface area contributed by atoms with E-state index in [-0.39, 0.29) is 11.1 Å². The minimum absolute atomic E-state index is 0.0190. The van der Waals surface area contributed by atoms with Crippen LogP contribution in [0.25, 0.3) is 0 Å². The fraction of sp³-hybridized carbons (Fsp3) is 0.600. The van der Waals surface area contributed by atoms with E-state index in [4.69, 9.17) is 0 Å². The maximum absolute atomic E-state index is 12.1. The van der Waals surface area contributed by atoms with E-state index in [2.05, 4.69) is 20.0 Å². The number of nitrogens with one attached hydrogen (secondary N) is 2. The summed E-state index contributed by atoms with van der Waals surface area (Å²) in [7, 11) is -3.55. The molecule has 1 unspecified atom stereocenters. The van der Waals surface area contributed by atoms with Crippen molar-refractivity contribution in [3.8, 4) is 0 Å². The monoisotopic (exact) mass is 256 g/mol. The molecular formula is C10H16N4O2S. The molecule has 2 rings (SSSR count). The van der Waals surface area contributed by atoms with Gasteiger partial charge in [0.05, 0.1) is 5.69 Å². The van der Waals surface area contributed by atoms with Gasteiger partial charge >= 0.3 is 0 Å². The summed E-state index contributed by atoms with van der Waals surface area (Å²) in [6.07, 6.45) is 4.70. The van der Waals surface area contributed by atoms with Crippen molar-refractivity contribution in [1.29, 1.82) is 0 Å². The van der Waals surface area contributed by atoms with E-state index in [0.717, 1.165) is 19.4 Å². The highest BCUT2D eigenvalue weighted by atomic mass is 32.2. The Morgan fingerprint density at radius 2 is 2.18 bits per heavy atom. The summed E-state index contributed by atoms with van der Waals surface area (Å²) in [6, 6.07) is -0.0600. The zero-order chi connectivity index (χ0) is 12.3. The Morgan fingerprint density at radius 1 is 1.41 bits per heavy atom. The van der Waals surface area contributed by atoms with Gasteiger partial charge in [0.25, 0.3) is 10.0 Å². The molecule has 0 amide bonds. The molecule has 17 heavy (non-hydrogen) atoms. The van der Waals surface area contributed by atoms with Crippen LogP contribution in [0, 0.1) is 6.92 Å². The topological polar surface area (TPSA) is 84.0 Å². The Kier molecular flexibility index (Phi) is 3.70. The molecular weight excluding hydrogens is 240 g/mol. The molecule has 1 aliphatic rings. The zero-order valence-electron chi connectivity index (χ0n) is 9.68. The highest BCUT2D eigenvalue weighted by Crippen LogP contribution is 2.11. The Balaban J connectivity index is 2.16. The lowest BCUT2D eigenvalue weighted by atomic mass is 10.1. The predicted molar refractivity (Wildman–Crippen MR) is 63.0 cm³/mol. The molecule has 1 saturated heterocycles. The summed E-state index contributed by atoms with van der Waals surface area (Å²) in [5.41, 5.74) is 0.420. The van der Waals surface area contributed by atoms with Gasteiger partial charge in [-0.1, -0.05) is 0 Å². The van der Waals surface area contributed by atoms with Gasteiger partial charge in [-0.3, -0.25) is 4.98 Å². The first kappa shape index (κ1) is 12.4. The third-order valence-electron chi connectivity index (χ3n) is 2.71. The van der Waals surface area contributed by atoms with Crippen molar-refractivity contribution >= 4 is 10.0 Å². The molecule has 0 bridgehead atoms. The second-order valence-corrected chi connectivity index (χ2v) is 5.74. The first-order chi connectivity index (χ1) is 8.09. The van der Waals surface area contributed by atoms with Gasteiger partial charge in [0, 0.05) is 25.0 Å². The van der Waals surface area contributed by atoms with E-state index in [1.165, 1.54) is 12.4 Å². The summed E-state index contributed by atoms with van der Waals surface area (Å²) >= 11 is 0.